The number of nitrogens with one attached hydrogen (secondary N) is 1. The Bertz CT molecular complexity index is 553. The Hall–Kier alpha value is -0.920. The third kappa shape index (κ3) is 3.21. The molecule has 1 aromatic heterocycles. The van der Waals surface area contributed by atoms with E-state index in [2.05, 4.69) is 9.71 Å². The fourth-order valence-electron chi connectivity index (χ4n) is 2.83. The van der Waals surface area contributed by atoms with Crippen molar-refractivity contribution in [3.05, 3.63) is 12.0 Å². The SMILES string of the molecule is CCn1cc(S(=O)(=O)NC2CCCCC2CN)nc1C. The summed E-state index contributed by atoms with van der Waals surface area (Å²) in [4.78, 5) is 4.15. The highest BCUT2D eigenvalue weighted by Crippen LogP contribution is 2.25. The lowest BCUT2D eigenvalue weighted by atomic mass is 9.85. The Kier molecular flexibility index (Phi) is 4.82. The number of aryl methyl sites for hydroxylation is 2. The third-order valence-corrected chi connectivity index (χ3v) is 5.45. The highest BCUT2D eigenvalue weighted by molar-refractivity contribution is 7.89. The molecule has 0 bridgehead atoms. The van der Waals surface area contributed by atoms with Crippen LogP contribution in [0, 0.1) is 12.8 Å². The van der Waals surface area contributed by atoms with Gasteiger partial charge in [-0.1, -0.05) is 12.8 Å². The van der Waals surface area contributed by atoms with E-state index in [1.54, 1.807) is 6.20 Å². The first-order chi connectivity index (χ1) is 9.47. The van der Waals surface area contributed by atoms with Crippen LogP contribution in [-0.2, 0) is 16.6 Å². The molecule has 0 aromatic carbocycles. The average molecular weight is 300 g/mol. The Morgan fingerprint density at radius 2 is 2.15 bits per heavy atom. The van der Waals surface area contributed by atoms with Crippen LogP contribution in [0.3, 0.4) is 0 Å². The smallest absolute Gasteiger partial charge is 0.259 e. The minimum atomic E-state index is -3.55. The largest absolute Gasteiger partial charge is 0.334 e. The van der Waals surface area contributed by atoms with Gasteiger partial charge in [-0.15, -0.1) is 0 Å². The highest BCUT2D eigenvalue weighted by Gasteiger charge is 2.29. The lowest BCUT2D eigenvalue weighted by molar-refractivity contribution is 0.296. The molecule has 2 rings (SSSR count). The molecule has 1 aliphatic rings. The zero-order valence-corrected chi connectivity index (χ0v) is 13.0. The Labute approximate surface area is 120 Å². The fourth-order valence-corrected chi connectivity index (χ4v) is 4.18. The maximum absolute atomic E-state index is 12.4. The van der Waals surface area contributed by atoms with Gasteiger partial charge in [-0.3, -0.25) is 0 Å². The predicted molar refractivity (Wildman–Crippen MR) is 77.8 cm³/mol. The summed E-state index contributed by atoms with van der Waals surface area (Å²) in [5.41, 5.74) is 5.75. The van der Waals surface area contributed by atoms with Crippen LogP contribution in [0.5, 0.6) is 0 Å². The molecular weight excluding hydrogens is 276 g/mol. The van der Waals surface area contributed by atoms with E-state index in [1.807, 2.05) is 18.4 Å². The molecule has 0 saturated heterocycles. The van der Waals surface area contributed by atoms with E-state index >= 15 is 0 Å². The normalized spacial score (nSPS) is 23.9. The maximum atomic E-state index is 12.4. The molecule has 7 heteroatoms. The first kappa shape index (κ1) is 15.5. The van der Waals surface area contributed by atoms with Gasteiger partial charge in [0.15, 0.2) is 5.03 Å². The zero-order valence-electron chi connectivity index (χ0n) is 12.2. The van der Waals surface area contributed by atoms with Gasteiger partial charge in [0, 0.05) is 18.8 Å². The molecule has 1 fully saturated rings. The number of aromatic nitrogens is 2. The fraction of sp³-hybridized carbons (Fsp3) is 0.769. The van der Waals surface area contributed by atoms with Crippen LogP contribution in [0.1, 0.15) is 38.4 Å². The van der Waals surface area contributed by atoms with Crippen LogP contribution in [-0.4, -0.2) is 30.6 Å². The number of nitrogens with zero attached hydrogens (tertiary/aromatic N) is 2. The van der Waals surface area contributed by atoms with Crippen molar-refractivity contribution in [3.63, 3.8) is 0 Å². The minimum absolute atomic E-state index is 0.0640. The van der Waals surface area contributed by atoms with E-state index in [9.17, 15) is 8.42 Å². The van der Waals surface area contributed by atoms with Gasteiger partial charge in [-0.25, -0.2) is 18.1 Å². The van der Waals surface area contributed by atoms with Crippen molar-refractivity contribution in [1.29, 1.82) is 0 Å². The summed E-state index contributed by atoms with van der Waals surface area (Å²) in [7, 11) is -3.55. The number of sulfonamides is 1. The number of imidazole rings is 1. The van der Waals surface area contributed by atoms with Crippen LogP contribution in [0.15, 0.2) is 11.2 Å². The van der Waals surface area contributed by atoms with Crippen molar-refractivity contribution in [2.45, 2.75) is 57.1 Å². The van der Waals surface area contributed by atoms with Crippen LogP contribution < -0.4 is 10.5 Å². The van der Waals surface area contributed by atoms with E-state index < -0.39 is 10.0 Å². The van der Waals surface area contributed by atoms with Crippen molar-refractivity contribution in [2.75, 3.05) is 6.54 Å². The van der Waals surface area contributed by atoms with Gasteiger partial charge < -0.3 is 10.3 Å². The summed E-state index contributed by atoms with van der Waals surface area (Å²) in [5.74, 6) is 0.944. The maximum Gasteiger partial charge on any atom is 0.259 e. The molecule has 2 atom stereocenters. The summed E-state index contributed by atoms with van der Waals surface area (Å²) in [6, 6.07) is -0.0640. The lowest BCUT2D eigenvalue weighted by Crippen LogP contribution is -2.44. The zero-order chi connectivity index (χ0) is 14.8. The lowest BCUT2D eigenvalue weighted by Gasteiger charge is -2.30. The van der Waals surface area contributed by atoms with Gasteiger partial charge >= 0.3 is 0 Å². The molecule has 0 spiro atoms. The third-order valence-electron chi connectivity index (χ3n) is 4.09. The molecule has 0 radical (unpaired) electrons. The van der Waals surface area contributed by atoms with Crippen LogP contribution in [0.2, 0.25) is 0 Å². The first-order valence-electron chi connectivity index (χ1n) is 7.24. The molecule has 1 heterocycles. The monoisotopic (exact) mass is 300 g/mol. The summed E-state index contributed by atoms with van der Waals surface area (Å²) in [6.45, 7) is 5.01. The molecule has 1 aliphatic carbocycles. The molecule has 20 heavy (non-hydrogen) atoms. The van der Waals surface area contributed by atoms with E-state index in [-0.39, 0.29) is 17.0 Å². The Morgan fingerprint density at radius 3 is 2.75 bits per heavy atom. The van der Waals surface area contributed by atoms with Crippen molar-refractivity contribution in [1.82, 2.24) is 14.3 Å². The number of nitrogens with two attached hydrogens (primary N) is 1. The van der Waals surface area contributed by atoms with E-state index in [0.29, 0.717) is 18.9 Å². The van der Waals surface area contributed by atoms with Crippen molar-refractivity contribution >= 4 is 10.0 Å². The number of hydrogen-bond acceptors (Lipinski definition) is 4. The quantitative estimate of drug-likeness (QED) is 0.849. The molecule has 1 saturated carbocycles. The second-order valence-corrected chi connectivity index (χ2v) is 7.08. The van der Waals surface area contributed by atoms with Crippen molar-refractivity contribution in [2.24, 2.45) is 11.7 Å². The first-order valence-corrected chi connectivity index (χ1v) is 8.72. The van der Waals surface area contributed by atoms with Crippen LogP contribution in [0.4, 0.5) is 0 Å². The standard InChI is InChI=1S/C13H24N4O2S/c1-3-17-9-13(15-10(17)2)20(18,19)16-12-7-5-4-6-11(12)8-14/h9,11-12,16H,3-8,14H2,1-2H3. The Morgan fingerprint density at radius 1 is 1.45 bits per heavy atom. The van der Waals surface area contributed by atoms with Crippen molar-refractivity contribution in [3.8, 4) is 0 Å². The summed E-state index contributed by atoms with van der Waals surface area (Å²) < 4.78 is 29.5. The average Bonchev–Trinajstić information content (AvgIpc) is 2.81. The van der Waals surface area contributed by atoms with E-state index in [4.69, 9.17) is 5.73 Å². The summed E-state index contributed by atoms with van der Waals surface area (Å²) in [5, 5.41) is 0.109. The molecule has 0 aliphatic heterocycles. The van der Waals surface area contributed by atoms with Gasteiger partial charge in [-0.2, -0.15) is 0 Å². The molecule has 1 aromatic rings. The van der Waals surface area contributed by atoms with Gasteiger partial charge in [0.1, 0.15) is 5.82 Å². The van der Waals surface area contributed by atoms with Gasteiger partial charge in [0.05, 0.1) is 0 Å². The summed E-state index contributed by atoms with van der Waals surface area (Å²) in [6.07, 6.45) is 5.62. The molecule has 0 amide bonds. The van der Waals surface area contributed by atoms with Gasteiger partial charge in [-0.05, 0) is 39.2 Å². The highest BCUT2D eigenvalue weighted by atomic mass is 32.2. The van der Waals surface area contributed by atoms with E-state index in [0.717, 1.165) is 25.7 Å². The van der Waals surface area contributed by atoms with Gasteiger partial charge in [0.2, 0.25) is 0 Å². The topological polar surface area (TPSA) is 90.0 Å². The minimum Gasteiger partial charge on any atom is -0.334 e. The van der Waals surface area contributed by atoms with E-state index in [1.165, 1.54) is 0 Å². The van der Waals surface area contributed by atoms with Gasteiger partial charge in [0.25, 0.3) is 10.0 Å². The van der Waals surface area contributed by atoms with Crippen LogP contribution >= 0.6 is 0 Å². The summed E-state index contributed by atoms with van der Waals surface area (Å²) >= 11 is 0. The molecule has 2 unspecified atom stereocenters. The molecular formula is C13H24N4O2S. The number of rotatable bonds is 5. The second-order valence-electron chi connectivity index (χ2n) is 5.42. The predicted octanol–water partition coefficient (Wildman–Crippen LogP) is 1.01. The van der Waals surface area contributed by atoms with Crippen LogP contribution in [0.25, 0.3) is 0 Å². The Balaban J connectivity index is 2.17. The molecule has 114 valence electrons. The molecule has 6 nitrogen and oxygen atoms in total. The number of hydrogen-bond donors (Lipinski definition) is 2. The second kappa shape index (κ2) is 6.24. The molecule has 3 N–H and O–H groups in total. The van der Waals surface area contributed by atoms with Crippen molar-refractivity contribution < 1.29 is 8.42 Å².